The molecule has 0 saturated carbocycles. The number of hydrogen-bond acceptors (Lipinski definition) is 5. The van der Waals surface area contributed by atoms with E-state index in [0.29, 0.717) is 32.2 Å². The van der Waals surface area contributed by atoms with Crippen molar-refractivity contribution in [1.82, 2.24) is 4.98 Å². The lowest BCUT2D eigenvalue weighted by molar-refractivity contribution is 0.0792. The summed E-state index contributed by atoms with van der Waals surface area (Å²) in [5.74, 6) is 0.625. The highest BCUT2D eigenvalue weighted by Gasteiger charge is 2.08. The summed E-state index contributed by atoms with van der Waals surface area (Å²) < 4.78 is 16.0. The maximum absolute atomic E-state index is 5.72. The Balaban J connectivity index is 2.36. The Kier molecular flexibility index (Phi) is 7.40. The Morgan fingerprint density at radius 3 is 2.63 bits per heavy atom. The Morgan fingerprint density at radius 1 is 1.16 bits per heavy atom. The highest BCUT2D eigenvalue weighted by atomic mass is 16.5. The second-order valence-electron chi connectivity index (χ2n) is 4.38. The van der Waals surface area contributed by atoms with Crippen LogP contribution in [0.15, 0.2) is 6.07 Å². The zero-order valence-electron chi connectivity index (χ0n) is 12.1. The fraction of sp³-hybridized carbons (Fsp3) is 0.643. The molecule has 0 radical (unpaired) electrons. The van der Waals surface area contributed by atoms with Gasteiger partial charge in [-0.05, 0) is 31.9 Å². The van der Waals surface area contributed by atoms with E-state index < -0.39 is 0 Å². The number of hydrogen-bond donors (Lipinski definition) is 1. The molecular weight excluding hydrogens is 244 g/mol. The maximum Gasteiger partial charge on any atom is 0.218 e. The van der Waals surface area contributed by atoms with E-state index >= 15 is 0 Å². The molecule has 1 aromatic rings. The second-order valence-corrected chi connectivity index (χ2v) is 4.38. The van der Waals surface area contributed by atoms with Crippen molar-refractivity contribution in [3.8, 4) is 5.88 Å². The summed E-state index contributed by atoms with van der Waals surface area (Å²) in [6.45, 7) is 6.83. The molecule has 1 heterocycles. The molecule has 1 rings (SSSR count). The summed E-state index contributed by atoms with van der Waals surface area (Å²) in [6.07, 6.45) is 0.895. The summed E-state index contributed by atoms with van der Waals surface area (Å²) in [4.78, 5) is 4.37. The van der Waals surface area contributed by atoms with Crippen LogP contribution >= 0.6 is 0 Å². The molecule has 0 amide bonds. The molecule has 0 spiro atoms. The lowest BCUT2D eigenvalue weighted by atomic mass is 10.1. The van der Waals surface area contributed by atoms with Gasteiger partial charge in [0.1, 0.15) is 6.61 Å². The first-order valence-electron chi connectivity index (χ1n) is 6.55. The number of aromatic nitrogens is 1. The highest BCUT2D eigenvalue weighted by Crippen LogP contribution is 2.20. The van der Waals surface area contributed by atoms with Crippen LogP contribution in [0.5, 0.6) is 5.88 Å². The molecule has 0 aliphatic heterocycles. The summed E-state index contributed by atoms with van der Waals surface area (Å²) >= 11 is 0. The van der Waals surface area contributed by atoms with Gasteiger partial charge in [-0.15, -0.1) is 0 Å². The zero-order chi connectivity index (χ0) is 14.1. The molecule has 0 bridgehead atoms. The normalized spacial score (nSPS) is 10.7. The molecule has 0 fully saturated rings. The van der Waals surface area contributed by atoms with Crippen molar-refractivity contribution in [3.05, 3.63) is 22.9 Å². The summed E-state index contributed by atoms with van der Waals surface area (Å²) in [5.41, 5.74) is 8.74. The zero-order valence-corrected chi connectivity index (χ0v) is 12.1. The van der Waals surface area contributed by atoms with Crippen molar-refractivity contribution in [2.75, 3.05) is 33.5 Å². The number of nitrogens with two attached hydrogens (primary N) is 1. The molecule has 0 saturated heterocycles. The van der Waals surface area contributed by atoms with E-state index in [1.807, 2.05) is 19.9 Å². The first kappa shape index (κ1) is 15.9. The average Bonchev–Trinajstić information content (AvgIpc) is 2.37. The average molecular weight is 268 g/mol. The van der Waals surface area contributed by atoms with E-state index in [1.54, 1.807) is 7.11 Å². The van der Waals surface area contributed by atoms with Crippen LogP contribution in [0.25, 0.3) is 0 Å². The topological polar surface area (TPSA) is 66.6 Å². The van der Waals surface area contributed by atoms with Gasteiger partial charge in [-0.3, -0.25) is 0 Å². The van der Waals surface area contributed by atoms with Crippen molar-refractivity contribution < 1.29 is 14.2 Å². The first-order valence-corrected chi connectivity index (χ1v) is 6.55. The van der Waals surface area contributed by atoms with E-state index in [0.717, 1.165) is 29.8 Å². The second kappa shape index (κ2) is 8.85. The quantitative estimate of drug-likeness (QED) is 0.689. The Morgan fingerprint density at radius 2 is 1.95 bits per heavy atom. The number of aryl methyl sites for hydroxylation is 2. The van der Waals surface area contributed by atoms with E-state index in [4.69, 9.17) is 19.9 Å². The Hall–Kier alpha value is -1.17. The largest absolute Gasteiger partial charge is 0.475 e. The van der Waals surface area contributed by atoms with Crippen molar-refractivity contribution in [3.63, 3.8) is 0 Å². The van der Waals surface area contributed by atoms with E-state index in [1.165, 1.54) is 0 Å². The lowest BCUT2D eigenvalue weighted by Crippen LogP contribution is -2.12. The van der Waals surface area contributed by atoms with Crippen LogP contribution in [0.2, 0.25) is 0 Å². The molecule has 19 heavy (non-hydrogen) atoms. The minimum Gasteiger partial charge on any atom is -0.475 e. The summed E-state index contributed by atoms with van der Waals surface area (Å²) in [5, 5.41) is 0. The number of methoxy groups -OCH3 is 1. The third-order valence-electron chi connectivity index (χ3n) is 2.75. The van der Waals surface area contributed by atoms with Crippen molar-refractivity contribution >= 4 is 0 Å². The number of ether oxygens (including phenoxy) is 3. The summed E-state index contributed by atoms with van der Waals surface area (Å²) in [7, 11) is 1.68. The Bertz CT molecular complexity index is 383. The molecule has 5 nitrogen and oxygen atoms in total. The molecular formula is C14H24N2O3. The van der Waals surface area contributed by atoms with Crippen LogP contribution in [-0.2, 0) is 16.0 Å². The van der Waals surface area contributed by atoms with Crippen LogP contribution in [0.4, 0.5) is 0 Å². The van der Waals surface area contributed by atoms with E-state index in [9.17, 15) is 0 Å². The molecule has 108 valence electrons. The third kappa shape index (κ3) is 5.55. The van der Waals surface area contributed by atoms with Gasteiger partial charge in [0.25, 0.3) is 0 Å². The third-order valence-corrected chi connectivity index (χ3v) is 2.75. The van der Waals surface area contributed by atoms with Crippen LogP contribution in [0, 0.1) is 13.8 Å². The van der Waals surface area contributed by atoms with E-state index in [2.05, 4.69) is 4.98 Å². The molecule has 0 aromatic carbocycles. The van der Waals surface area contributed by atoms with Gasteiger partial charge in [0.15, 0.2) is 0 Å². The van der Waals surface area contributed by atoms with Gasteiger partial charge in [-0.25, -0.2) is 4.98 Å². The summed E-state index contributed by atoms with van der Waals surface area (Å²) in [6, 6.07) is 2.01. The lowest BCUT2D eigenvalue weighted by Gasteiger charge is -2.12. The molecule has 0 aliphatic rings. The SMILES string of the molecule is COCCCOCCOc1nc(C)cc(C)c1CN. The predicted molar refractivity (Wildman–Crippen MR) is 74.4 cm³/mol. The molecule has 0 unspecified atom stereocenters. The van der Waals surface area contributed by atoms with Crippen molar-refractivity contribution in [1.29, 1.82) is 0 Å². The van der Waals surface area contributed by atoms with Crippen LogP contribution in [0.3, 0.4) is 0 Å². The highest BCUT2D eigenvalue weighted by molar-refractivity contribution is 5.35. The number of nitrogens with zero attached hydrogens (tertiary/aromatic N) is 1. The maximum atomic E-state index is 5.72. The van der Waals surface area contributed by atoms with Gasteiger partial charge in [0.2, 0.25) is 5.88 Å². The molecule has 1 aromatic heterocycles. The standard InChI is InChI=1S/C14H24N2O3/c1-11-9-12(2)16-14(13(11)10-15)19-8-7-18-6-4-5-17-3/h9H,4-8,10,15H2,1-3H3. The number of pyridine rings is 1. The first-order chi connectivity index (χ1) is 9.19. The Labute approximate surface area is 115 Å². The van der Waals surface area contributed by atoms with E-state index in [-0.39, 0.29) is 0 Å². The van der Waals surface area contributed by atoms with Gasteiger partial charge in [-0.1, -0.05) is 0 Å². The van der Waals surface area contributed by atoms with Gasteiger partial charge >= 0.3 is 0 Å². The monoisotopic (exact) mass is 268 g/mol. The molecule has 2 N–H and O–H groups in total. The molecule has 0 aliphatic carbocycles. The van der Waals surface area contributed by atoms with Crippen LogP contribution in [-0.4, -0.2) is 38.5 Å². The minimum atomic E-state index is 0.434. The van der Waals surface area contributed by atoms with Crippen LogP contribution in [0.1, 0.15) is 23.2 Å². The minimum absolute atomic E-state index is 0.434. The fourth-order valence-electron chi connectivity index (χ4n) is 1.80. The van der Waals surface area contributed by atoms with Gasteiger partial charge in [0, 0.05) is 38.1 Å². The van der Waals surface area contributed by atoms with Crippen LogP contribution < -0.4 is 10.5 Å². The van der Waals surface area contributed by atoms with Gasteiger partial charge < -0.3 is 19.9 Å². The van der Waals surface area contributed by atoms with Gasteiger partial charge in [-0.2, -0.15) is 0 Å². The molecule has 5 heteroatoms. The van der Waals surface area contributed by atoms with Crippen molar-refractivity contribution in [2.24, 2.45) is 5.73 Å². The van der Waals surface area contributed by atoms with Gasteiger partial charge in [0.05, 0.1) is 6.61 Å². The fourth-order valence-corrected chi connectivity index (χ4v) is 1.80. The smallest absolute Gasteiger partial charge is 0.218 e. The van der Waals surface area contributed by atoms with Crippen molar-refractivity contribution in [2.45, 2.75) is 26.8 Å². The number of rotatable bonds is 9. The predicted octanol–water partition coefficient (Wildman–Crippen LogP) is 1.59. The molecule has 0 atom stereocenters.